The molecule has 0 fully saturated rings. The monoisotopic (exact) mass is 411 g/mol. The Labute approximate surface area is 177 Å². The van der Waals surface area contributed by atoms with Crippen molar-refractivity contribution in [1.29, 1.82) is 0 Å². The van der Waals surface area contributed by atoms with Crippen molar-refractivity contribution in [3.05, 3.63) is 65.2 Å². The lowest BCUT2D eigenvalue weighted by atomic mass is 10.1. The molecule has 0 bridgehead atoms. The van der Waals surface area contributed by atoms with E-state index in [4.69, 9.17) is 4.74 Å². The van der Waals surface area contributed by atoms with Gasteiger partial charge in [-0.15, -0.1) is 11.8 Å². The molecule has 1 aliphatic carbocycles. The van der Waals surface area contributed by atoms with E-state index in [1.54, 1.807) is 6.92 Å². The third kappa shape index (κ3) is 6.64. The first-order chi connectivity index (χ1) is 14.0. The summed E-state index contributed by atoms with van der Waals surface area (Å²) in [7, 11) is 0. The summed E-state index contributed by atoms with van der Waals surface area (Å²) in [4.78, 5) is 25.5. The maximum absolute atomic E-state index is 12.3. The van der Waals surface area contributed by atoms with Crippen molar-refractivity contribution in [3.8, 4) is 0 Å². The summed E-state index contributed by atoms with van der Waals surface area (Å²) in [5, 5.41) is 2.93. The Morgan fingerprint density at radius 2 is 1.83 bits per heavy atom. The second kappa shape index (κ2) is 10.5. The highest BCUT2D eigenvalue weighted by atomic mass is 32.2. The fourth-order valence-corrected chi connectivity index (χ4v) is 4.27. The first-order valence-corrected chi connectivity index (χ1v) is 11.3. The Morgan fingerprint density at radius 3 is 2.62 bits per heavy atom. The highest BCUT2D eigenvalue weighted by Gasteiger charge is 2.20. The molecule has 1 aliphatic rings. The summed E-state index contributed by atoms with van der Waals surface area (Å²) in [6.45, 7) is 3.59. The van der Waals surface area contributed by atoms with Gasteiger partial charge in [0.2, 0.25) is 0 Å². The quantitative estimate of drug-likeness (QED) is 0.493. The van der Waals surface area contributed by atoms with Crippen molar-refractivity contribution < 1.29 is 14.3 Å². The summed E-state index contributed by atoms with van der Waals surface area (Å²) in [6, 6.07) is 16.6. The molecule has 154 valence electrons. The zero-order valence-corrected chi connectivity index (χ0v) is 18.0. The lowest BCUT2D eigenvalue weighted by Crippen LogP contribution is -2.41. The number of fused-ring (bicyclic) bond motifs is 1. The number of rotatable bonds is 9. The van der Waals surface area contributed by atoms with Crippen LogP contribution in [0.2, 0.25) is 0 Å². The number of carbonyl (C=O) groups excluding carboxylic acids is 2. The molecule has 0 spiro atoms. The molecule has 0 saturated heterocycles. The molecule has 0 saturated carbocycles. The van der Waals surface area contributed by atoms with Crippen LogP contribution in [0.3, 0.4) is 0 Å². The number of amides is 1. The molecule has 0 heterocycles. The van der Waals surface area contributed by atoms with Gasteiger partial charge in [0.25, 0.3) is 5.91 Å². The van der Waals surface area contributed by atoms with Gasteiger partial charge >= 0.3 is 5.97 Å². The van der Waals surface area contributed by atoms with Gasteiger partial charge in [-0.05, 0) is 74.8 Å². The molecule has 29 heavy (non-hydrogen) atoms. The van der Waals surface area contributed by atoms with Crippen LogP contribution < -0.4 is 5.32 Å². The van der Waals surface area contributed by atoms with Gasteiger partial charge in [-0.25, -0.2) is 0 Å². The Bertz CT molecular complexity index is 837. The average Bonchev–Trinajstić information content (AvgIpc) is 3.19. The summed E-state index contributed by atoms with van der Waals surface area (Å²) in [5.74, 6) is -0.406. The summed E-state index contributed by atoms with van der Waals surface area (Å²) < 4.78 is 5.32. The summed E-state index contributed by atoms with van der Waals surface area (Å²) >= 11 is 1.46. The normalized spacial score (nSPS) is 14.7. The van der Waals surface area contributed by atoms with Gasteiger partial charge in [0.1, 0.15) is 0 Å². The van der Waals surface area contributed by atoms with Crippen molar-refractivity contribution in [1.82, 2.24) is 5.32 Å². The van der Waals surface area contributed by atoms with Crippen LogP contribution in [0.4, 0.5) is 0 Å². The van der Waals surface area contributed by atoms with Crippen LogP contribution in [0.25, 0.3) is 0 Å². The largest absolute Gasteiger partial charge is 0.452 e. The zero-order valence-electron chi connectivity index (χ0n) is 17.1. The maximum Gasteiger partial charge on any atom is 0.317 e. The van der Waals surface area contributed by atoms with E-state index in [-0.39, 0.29) is 23.7 Å². The molecule has 0 radical (unpaired) electrons. The van der Waals surface area contributed by atoms with E-state index in [2.05, 4.69) is 35.6 Å². The minimum absolute atomic E-state index is 0.0182. The van der Waals surface area contributed by atoms with Crippen LogP contribution in [0.15, 0.2) is 53.4 Å². The molecule has 2 atom stereocenters. The van der Waals surface area contributed by atoms with Crippen LogP contribution in [0, 0.1) is 0 Å². The average molecular weight is 412 g/mol. The van der Waals surface area contributed by atoms with Crippen LogP contribution in [-0.2, 0) is 33.6 Å². The minimum Gasteiger partial charge on any atom is -0.452 e. The topological polar surface area (TPSA) is 55.4 Å². The van der Waals surface area contributed by atoms with Crippen LogP contribution in [0.5, 0.6) is 0 Å². The molecule has 2 aromatic rings. The Morgan fingerprint density at radius 1 is 1.07 bits per heavy atom. The van der Waals surface area contributed by atoms with E-state index < -0.39 is 6.10 Å². The molecule has 1 N–H and O–H groups in total. The molecule has 3 rings (SSSR count). The Hall–Kier alpha value is -2.27. The van der Waals surface area contributed by atoms with Crippen molar-refractivity contribution >= 4 is 23.6 Å². The highest BCUT2D eigenvalue weighted by Crippen LogP contribution is 2.27. The minimum atomic E-state index is -0.790. The number of hydrogen-bond donors (Lipinski definition) is 1. The predicted octanol–water partition coefficient (Wildman–Crippen LogP) is 4.34. The van der Waals surface area contributed by atoms with E-state index >= 15 is 0 Å². The van der Waals surface area contributed by atoms with Gasteiger partial charge in [-0.1, -0.05) is 36.4 Å². The van der Waals surface area contributed by atoms with Gasteiger partial charge in [-0.3, -0.25) is 9.59 Å². The van der Waals surface area contributed by atoms with Gasteiger partial charge in [-0.2, -0.15) is 0 Å². The van der Waals surface area contributed by atoms with E-state index in [9.17, 15) is 9.59 Å². The molecular formula is C24H29NO3S. The SMILES string of the molecule is C[C@H](CCc1ccccc1)NC(=O)[C@@H](C)OC(=O)CSc1ccc2c(c1)CCC2. The van der Waals surface area contributed by atoms with E-state index in [0.29, 0.717) is 0 Å². The highest BCUT2D eigenvalue weighted by molar-refractivity contribution is 8.00. The van der Waals surface area contributed by atoms with Gasteiger partial charge in [0, 0.05) is 10.9 Å². The molecule has 5 heteroatoms. The molecule has 0 aliphatic heterocycles. The zero-order chi connectivity index (χ0) is 20.6. The third-order valence-corrected chi connectivity index (χ3v) is 6.17. The number of nitrogens with one attached hydrogen (secondary N) is 1. The van der Waals surface area contributed by atoms with Crippen LogP contribution in [-0.4, -0.2) is 29.8 Å². The van der Waals surface area contributed by atoms with E-state index in [1.165, 1.54) is 34.9 Å². The number of aryl methyl sites for hydroxylation is 3. The summed E-state index contributed by atoms with van der Waals surface area (Å²) in [6.07, 6.45) is 4.43. The molecule has 4 nitrogen and oxygen atoms in total. The maximum atomic E-state index is 12.3. The molecule has 0 aromatic heterocycles. The van der Waals surface area contributed by atoms with Gasteiger partial charge < -0.3 is 10.1 Å². The predicted molar refractivity (Wildman–Crippen MR) is 117 cm³/mol. The molecule has 1 amide bonds. The number of carbonyl (C=O) groups is 2. The fraction of sp³-hybridized carbons (Fsp3) is 0.417. The lowest BCUT2D eigenvalue weighted by molar-refractivity contribution is -0.152. The number of ether oxygens (including phenoxy) is 1. The van der Waals surface area contributed by atoms with Gasteiger partial charge in [0.15, 0.2) is 6.10 Å². The van der Waals surface area contributed by atoms with Crippen molar-refractivity contribution in [2.24, 2.45) is 0 Å². The standard InChI is InChI=1S/C24H29NO3S/c1-17(11-12-19-7-4-3-5-8-19)25-24(27)18(2)28-23(26)16-29-22-14-13-20-9-6-10-21(20)15-22/h3-5,7-8,13-15,17-18H,6,9-12,16H2,1-2H3,(H,25,27)/t17-,18-/m1/s1. The second-order valence-electron chi connectivity index (χ2n) is 7.64. The lowest BCUT2D eigenvalue weighted by Gasteiger charge is -2.18. The first kappa shape index (κ1) is 21.4. The number of esters is 1. The number of thioether (sulfide) groups is 1. The molecular weight excluding hydrogens is 382 g/mol. The van der Waals surface area contributed by atoms with Gasteiger partial charge in [0.05, 0.1) is 5.75 Å². The van der Waals surface area contributed by atoms with E-state index in [0.717, 1.165) is 30.6 Å². The smallest absolute Gasteiger partial charge is 0.317 e. The van der Waals surface area contributed by atoms with Crippen LogP contribution >= 0.6 is 11.8 Å². The third-order valence-electron chi connectivity index (χ3n) is 5.20. The Balaban J connectivity index is 1.37. The van der Waals surface area contributed by atoms with Crippen molar-refractivity contribution in [3.63, 3.8) is 0 Å². The Kier molecular flexibility index (Phi) is 7.76. The number of benzene rings is 2. The number of hydrogen-bond acceptors (Lipinski definition) is 4. The molecule has 2 aromatic carbocycles. The van der Waals surface area contributed by atoms with E-state index in [1.807, 2.05) is 25.1 Å². The fourth-order valence-electron chi connectivity index (χ4n) is 3.53. The summed E-state index contributed by atoms with van der Waals surface area (Å²) in [5.41, 5.74) is 4.06. The first-order valence-electron chi connectivity index (χ1n) is 10.3. The van der Waals surface area contributed by atoms with Crippen molar-refractivity contribution in [2.75, 3.05) is 5.75 Å². The van der Waals surface area contributed by atoms with Crippen molar-refractivity contribution in [2.45, 2.75) is 63.0 Å². The molecule has 0 unspecified atom stereocenters. The van der Waals surface area contributed by atoms with Crippen LogP contribution in [0.1, 0.15) is 43.4 Å². The second-order valence-corrected chi connectivity index (χ2v) is 8.69.